The summed E-state index contributed by atoms with van der Waals surface area (Å²) in [7, 11) is -3.31. The first-order chi connectivity index (χ1) is 10.9. The number of anilines is 1. The van der Waals surface area contributed by atoms with E-state index in [1.165, 1.54) is 18.9 Å². The molecule has 1 fully saturated rings. The van der Waals surface area contributed by atoms with Crippen molar-refractivity contribution in [3.63, 3.8) is 0 Å². The number of rotatable bonds is 6. The molecule has 2 aromatic rings. The van der Waals surface area contributed by atoms with Crippen LogP contribution in [0.1, 0.15) is 39.8 Å². The van der Waals surface area contributed by atoms with Crippen molar-refractivity contribution in [2.24, 2.45) is 0 Å². The monoisotopic (exact) mass is 348 g/mol. The first-order valence-electron chi connectivity index (χ1n) is 7.16. The van der Waals surface area contributed by atoms with E-state index in [9.17, 15) is 13.2 Å². The molecule has 23 heavy (non-hydrogen) atoms. The lowest BCUT2D eigenvalue weighted by Gasteiger charge is -2.03. The molecule has 1 aliphatic carbocycles. The molecular formula is C16H16N2O3S2. The zero-order chi connectivity index (χ0) is 16.4. The maximum Gasteiger partial charge on any atom is 0.229 e. The molecule has 0 aliphatic heterocycles. The first-order valence-corrected chi connectivity index (χ1v) is 9.93. The van der Waals surface area contributed by atoms with Crippen LogP contribution in [0.4, 0.5) is 5.69 Å². The summed E-state index contributed by atoms with van der Waals surface area (Å²) in [6.07, 6.45) is 6.71. The van der Waals surface area contributed by atoms with Gasteiger partial charge in [0.25, 0.3) is 0 Å². The highest BCUT2D eigenvalue weighted by molar-refractivity contribution is 7.92. The van der Waals surface area contributed by atoms with E-state index in [1.54, 1.807) is 41.7 Å². The Morgan fingerprint density at radius 1 is 1.30 bits per heavy atom. The van der Waals surface area contributed by atoms with Gasteiger partial charge in [0.2, 0.25) is 10.0 Å². The van der Waals surface area contributed by atoms with Gasteiger partial charge in [0.15, 0.2) is 5.78 Å². The Labute approximate surface area is 139 Å². The summed E-state index contributed by atoms with van der Waals surface area (Å²) in [6, 6.07) is 6.32. The minimum atomic E-state index is -3.31. The van der Waals surface area contributed by atoms with Crippen molar-refractivity contribution in [1.82, 2.24) is 4.98 Å². The first kappa shape index (κ1) is 15.9. The zero-order valence-electron chi connectivity index (χ0n) is 12.5. The zero-order valence-corrected chi connectivity index (χ0v) is 14.2. The van der Waals surface area contributed by atoms with Crippen LogP contribution in [0.2, 0.25) is 0 Å². The number of sulfonamides is 1. The molecule has 0 saturated heterocycles. The van der Waals surface area contributed by atoms with Crippen LogP contribution in [-0.4, -0.2) is 25.4 Å². The number of carbonyl (C=O) groups is 1. The smallest absolute Gasteiger partial charge is 0.229 e. The number of carbonyl (C=O) groups excluding carboxylic acids is 1. The Kier molecular flexibility index (Phi) is 4.32. The number of aromatic nitrogens is 1. The maximum atomic E-state index is 12.1. The molecule has 0 amide bonds. The van der Waals surface area contributed by atoms with Crippen molar-refractivity contribution < 1.29 is 13.2 Å². The molecular weight excluding hydrogens is 332 g/mol. The van der Waals surface area contributed by atoms with Crippen LogP contribution in [-0.2, 0) is 10.0 Å². The summed E-state index contributed by atoms with van der Waals surface area (Å²) in [4.78, 5) is 16.6. The molecule has 1 aromatic heterocycles. The SMILES string of the molecule is CS(=O)(=O)Nc1ccc(C(=O)C=Cc2csc(C3CC3)n2)cc1. The second-order valence-corrected chi connectivity index (χ2v) is 8.17. The second-order valence-electron chi connectivity index (χ2n) is 5.53. The number of allylic oxidation sites excluding steroid dienone is 1. The lowest BCUT2D eigenvalue weighted by molar-refractivity contribution is 0.104. The van der Waals surface area contributed by atoms with Crippen molar-refractivity contribution >= 4 is 38.9 Å². The predicted octanol–water partition coefficient (Wildman–Crippen LogP) is 3.29. The van der Waals surface area contributed by atoms with E-state index in [2.05, 4.69) is 9.71 Å². The van der Waals surface area contributed by atoms with E-state index in [-0.39, 0.29) is 5.78 Å². The third kappa shape index (κ3) is 4.49. The van der Waals surface area contributed by atoms with Crippen LogP contribution in [0.3, 0.4) is 0 Å². The standard InChI is InChI=1S/C16H16N2O3S2/c1-23(20,21)18-13-6-4-11(5-7-13)15(19)9-8-14-10-22-16(17-14)12-2-3-12/h4-10,12,18H,2-3H2,1H3. The van der Waals surface area contributed by atoms with E-state index < -0.39 is 10.0 Å². The van der Waals surface area contributed by atoms with Gasteiger partial charge in [-0.25, -0.2) is 13.4 Å². The number of thiazole rings is 1. The Hall–Kier alpha value is -1.99. The number of nitrogens with zero attached hydrogens (tertiary/aromatic N) is 1. The van der Waals surface area contributed by atoms with E-state index in [4.69, 9.17) is 0 Å². The van der Waals surface area contributed by atoms with Gasteiger partial charge in [0, 0.05) is 22.5 Å². The Morgan fingerprint density at radius 2 is 2.00 bits per heavy atom. The third-order valence-corrected chi connectivity index (χ3v) is 4.98. The van der Waals surface area contributed by atoms with Crippen molar-refractivity contribution in [3.05, 3.63) is 52.0 Å². The summed E-state index contributed by atoms with van der Waals surface area (Å²) in [5.74, 6) is 0.476. The third-order valence-electron chi connectivity index (χ3n) is 3.34. The van der Waals surface area contributed by atoms with Crippen molar-refractivity contribution in [2.75, 3.05) is 11.0 Å². The largest absolute Gasteiger partial charge is 0.289 e. The number of hydrogen-bond donors (Lipinski definition) is 1. The van der Waals surface area contributed by atoms with Crippen molar-refractivity contribution in [1.29, 1.82) is 0 Å². The summed E-state index contributed by atoms with van der Waals surface area (Å²) in [5, 5.41) is 3.10. The quantitative estimate of drug-likeness (QED) is 0.642. The average Bonchev–Trinajstić information content (AvgIpc) is 3.23. The van der Waals surface area contributed by atoms with Gasteiger partial charge < -0.3 is 0 Å². The molecule has 0 radical (unpaired) electrons. The van der Waals surface area contributed by atoms with Gasteiger partial charge in [0.05, 0.1) is 17.0 Å². The molecule has 1 aliphatic rings. The summed E-state index contributed by atoms with van der Waals surface area (Å²) in [5.41, 5.74) is 1.74. The van der Waals surface area contributed by atoms with Crippen LogP contribution in [0, 0.1) is 0 Å². The normalized spacial score (nSPS) is 15.0. The van der Waals surface area contributed by atoms with Crippen LogP contribution in [0.5, 0.6) is 0 Å². The molecule has 120 valence electrons. The maximum absolute atomic E-state index is 12.1. The van der Waals surface area contributed by atoms with Gasteiger partial charge in [-0.3, -0.25) is 9.52 Å². The summed E-state index contributed by atoms with van der Waals surface area (Å²) < 4.78 is 24.6. The van der Waals surface area contributed by atoms with E-state index in [0.29, 0.717) is 17.2 Å². The van der Waals surface area contributed by atoms with E-state index in [0.717, 1.165) is 17.0 Å². The average molecular weight is 348 g/mol. The highest BCUT2D eigenvalue weighted by Crippen LogP contribution is 2.41. The van der Waals surface area contributed by atoms with Crippen molar-refractivity contribution in [3.8, 4) is 0 Å². The Balaban J connectivity index is 1.66. The molecule has 1 saturated carbocycles. The van der Waals surface area contributed by atoms with Crippen LogP contribution >= 0.6 is 11.3 Å². The highest BCUT2D eigenvalue weighted by atomic mass is 32.2. The summed E-state index contributed by atoms with van der Waals surface area (Å²) >= 11 is 1.64. The molecule has 1 heterocycles. The molecule has 0 unspecified atom stereocenters. The van der Waals surface area contributed by atoms with E-state index in [1.807, 2.05) is 5.38 Å². The van der Waals surface area contributed by atoms with Crippen LogP contribution < -0.4 is 4.72 Å². The highest BCUT2D eigenvalue weighted by Gasteiger charge is 2.26. The summed E-state index contributed by atoms with van der Waals surface area (Å²) in [6.45, 7) is 0. The van der Waals surface area contributed by atoms with Gasteiger partial charge in [-0.15, -0.1) is 11.3 Å². The van der Waals surface area contributed by atoms with Gasteiger partial charge >= 0.3 is 0 Å². The Morgan fingerprint density at radius 3 is 2.61 bits per heavy atom. The molecule has 0 spiro atoms. The lowest BCUT2D eigenvalue weighted by Crippen LogP contribution is -2.09. The van der Waals surface area contributed by atoms with Crippen molar-refractivity contribution in [2.45, 2.75) is 18.8 Å². The van der Waals surface area contributed by atoms with Gasteiger partial charge in [-0.1, -0.05) is 0 Å². The minimum Gasteiger partial charge on any atom is -0.289 e. The molecule has 1 aromatic carbocycles. The van der Waals surface area contributed by atoms with Crippen LogP contribution in [0.15, 0.2) is 35.7 Å². The fourth-order valence-electron chi connectivity index (χ4n) is 2.07. The number of nitrogens with one attached hydrogen (secondary N) is 1. The van der Waals surface area contributed by atoms with Gasteiger partial charge in [-0.2, -0.15) is 0 Å². The molecule has 1 N–H and O–H groups in total. The number of benzene rings is 1. The van der Waals surface area contributed by atoms with Gasteiger partial charge in [0.1, 0.15) is 0 Å². The number of ketones is 1. The molecule has 3 rings (SSSR count). The lowest BCUT2D eigenvalue weighted by atomic mass is 10.1. The fraction of sp³-hybridized carbons (Fsp3) is 0.250. The molecule has 0 atom stereocenters. The predicted molar refractivity (Wildman–Crippen MR) is 92.4 cm³/mol. The van der Waals surface area contributed by atoms with Gasteiger partial charge in [-0.05, 0) is 49.3 Å². The number of hydrogen-bond acceptors (Lipinski definition) is 5. The molecule has 7 heteroatoms. The minimum absolute atomic E-state index is 0.142. The molecule has 0 bridgehead atoms. The fourth-order valence-corrected chi connectivity index (χ4v) is 3.59. The topological polar surface area (TPSA) is 76.1 Å². The Bertz CT molecular complexity index is 848. The second kappa shape index (κ2) is 6.25. The molecule has 5 nitrogen and oxygen atoms in total. The van der Waals surface area contributed by atoms with E-state index >= 15 is 0 Å². The van der Waals surface area contributed by atoms with Crippen LogP contribution in [0.25, 0.3) is 6.08 Å².